The number of hydrogen-bond donors (Lipinski definition) is 0. The maximum absolute atomic E-state index is 12.5. The zero-order valence-electron chi connectivity index (χ0n) is 17.2. The molecule has 1 aliphatic rings. The lowest BCUT2D eigenvalue weighted by atomic mass is 10.1. The molecule has 3 aromatic rings. The summed E-state index contributed by atoms with van der Waals surface area (Å²) in [5.74, 6) is 0.186. The highest BCUT2D eigenvalue weighted by Gasteiger charge is 2.23. The average Bonchev–Trinajstić information content (AvgIpc) is 3.29. The van der Waals surface area contributed by atoms with Gasteiger partial charge in [-0.25, -0.2) is 4.79 Å². The van der Waals surface area contributed by atoms with Crippen molar-refractivity contribution < 1.29 is 23.8 Å². The van der Waals surface area contributed by atoms with Gasteiger partial charge in [-0.15, -0.1) is 11.3 Å². The highest BCUT2D eigenvalue weighted by molar-refractivity contribution is 7.10. The fourth-order valence-electron chi connectivity index (χ4n) is 3.41. The number of carbonyl (C=O) groups is 2. The molecule has 0 aliphatic carbocycles. The quantitative estimate of drug-likeness (QED) is 0.521. The van der Waals surface area contributed by atoms with Crippen molar-refractivity contribution in [3.05, 3.63) is 81.5 Å². The molecule has 0 atom stereocenters. The summed E-state index contributed by atoms with van der Waals surface area (Å²) in [6.07, 6.45) is 0.842. The van der Waals surface area contributed by atoms with Gasteiger partial charge in [0.25, 0.3) is 5.91 Å². The Morgan fingerprint density at radius 3 is 2.71 bits per heavy atom. The molecule has 31 heavy (non-hydrogen) atoms. The second-order valence-corrected chi connectivity index (χ2v) is 8.15. The number of thiophene rings is 1. The zero-order valence-corrected chi connectivity index (χ0v) is 18.0. The van der Waals surface area contributed by atoms with Gasteiger partial charge in [-0.1, -0.05) is 30.3 Å². The fourth-order valence-corrected chi connectivity index (χ4v) is 4.30. The molecule has 0 saturated heterocycles. The third kappa shape index (κ3) is 5.06. The van der Waals surface area contributed by atoms with Crippen LogP contribution in [0.25, 0.3) is 0 Å². The van der Waals surface area contributed by atoms with Crippen LogP contribution >= 0.6 is 11.3 Å². The smallest absolute Gasteiger partial charge is 0.338 e. The predicted molar refractivity (Wildman–Crippen MR) is 117 cm³/mol. The van der Waals surface area contributed by atoms with E-state index in [4.69, 9.17) is 14.2 Å². The maximum Gasteiger partial charge on any atom is 0.338 e. The first kappa shape index (κ1) is 20.9. The molecule has 7 heteroatoms. The lowest BCUT2D eigenvalue weighted by Crippen LogP contribution is -2.38. The Hall–Kier alpha value is -3.32. The van der Waals surface area contributed by atoms with Crippen molar-refractivity contribution in [2.75, 3.05) is 20.3 Å². The summed E-state index contributed by atoms with van der Waals surface area (Å²) in [5, 5.41) is 2.04. The van der Waals surface area contributed by atoms with Gasteiger partial charge in [0.15, 0.2) is 18.1 Å². The summed E-state index contributed by atoms with van der Waals surface area (Å²) < 4.78 is 16.4. The van der Waals surface area contributed by atoms with Crippen LogP contribution in [0.4, 0.5) is 0 Å². The number of carbonyl (C=O) groups excluding carboxylic acids is 2. The molecule has 0 spiro atoms. The Kier molecular flexibility index (Phi) is 6.52. The summed E-state index contributed by atoms with van der Waals surface area (Å²) in [5.41, 5.74) is 2.50. The average molecular weight is 438 g/mol. The number of methoxy groups -OCH3 is 1. The van der Waals surface area contributed by atoms with Gasteiger partial charge in [-0.3, -0.25) is 4.79 Å². The topological polar surface area (TPSA) is 65.1 Å². The van der Waals surface area contributed by atoms with E-state index in [0.29, 0.717) is 36.8 Å². The standard InChI is InChI=1S/C24H23NO5S/c1-28-21-13-18(7-8-20(21)29-15-17-5-3-2-4-6-17)24(27)30-16-23(26)25-11-9-22-19(14-25)10-12-31-22/h2-8,10,12-13H,9,11,14-16H2,1H3. The van der Waals surface area contributed by atoms with Crippen LogP contribution in [0.1, 0.15) is 26.4 Å². The second kappa shape index (κ2) is 9.66. The van der Waals surface area contributed by atoms with Crippen molar-refractivity contribution in [2.45, 2.75) is 19.6 Å². The van der Waals surface area contributed by atoms with E-state index in [1.165, 1.54) is 17.6 Å². The van der Waals surface area contributed by atoms with Gasteiger partial charge in [0, 0.05) is 18.0 Å². The minimum Gasteiger partial charge on any atom is -0.493 e. The van der Waals surface area contributed by atoms with Gasteiger partial charge in [-0.2, -0.15) is 0 Å². The van der Waals surface area contributed by atoms with E-state index in [1.807, 2.05) is 41.8 Å². The monoisotopic (exact) mass is 437 g/mol. The minimum atomic E-state index is -0.575. The van der Waals surface area contributed by atoms with E-state index in [2.05, 4.69) is 0 Å². The molecule has 6 nitrogen and oxygen atoms in total. The molecular weight excluding hydrogens is 414 g/mol. The first-order chi connectivity index (χ1) is 15.1. The molecule has 1 aliphatic heterocycles. The number of esters is 1. The van der Waals surface area contributed by atoms with Crippen molar-refractivity contribution in [3.63, 3.8) is 0 Å². The molecule has 0 saturated carbocycles. The summed E-state index contributed by atoms with van der Waals surface area (Å²) in [7, 11) is 1.51. The Bertz CT molecular complexity index is 1060. The molecule has 4 rings (SSSR count). The Morgan fingerprint density at radius 1 is 1.06 bits per heavy atom. The van der Waals surface area contributed by atoms with E-state index < -0.39 is 5.97 Å². The number of fused-ring (bicyclic) bond motifs is 1. The first-order valence-electron chi connectivity index (χ1n) is 9.99. The van der Waals surface area contributed by atoms with Crippen LogP contribution in [0.3, 0.4) is 0 Å². The molecule has 0 unspecified atom stereocenters. The molecule has 0 N–H and O–H groups in total. The molecule has 0 radical (unpaired) electrons. The molecule has 1 aromatic heterocycles. The van der Waals surface area contributed by atoms with Crippen LogP contribution in [0.2, 0.25) is 0 Å². The lowest BCUT2D eigenvalue weighted by Gasteiger charge is -2.26. The lowest BCUT2D eigenvalue weighted by molar-refractivity contribution is -0.135. The van der Waals surface area contributed by atoms with Gasteiger partial charge in [0.05, 0.1) is 12.7 Å². The summed E-state index contributed by atoms with van der Waals surface area (Å²) >= 11 is 1.72. The molecule has 0 bridgehead atoms. The highest BCUT2D eigenvalue weighted by Crippen LogP contribution is 2.29. The van der Waals surface area contributed by atoms with Crippen LogP contribution in [0.15, 0.2) is 60.0 Å². The summed E-state index contributed by atoms with van der Waals surface area (Å²) in [6, 6.07) is 16.6. The second-order valence-electron chi connectivity index (χ2n) is 7.15. The number of nitrogens with zero attached hydrogens (tertiary/aromatic N) is 1. The molecule has 0 fully saturated rings. The van der Waals surface area contributed by atoms with E-state index in [0.717, 1.165) is 12.0 Å². The third-order valence-corrected chi connectivity index (χ3v) is 6.15. The Labute approximate surface area is 185 Å². The van der Waals surface area contributed by atoms with Crippen LogP contribution in [0.5, 0.6) is 11.5 Å². The van der Waals surface area contributed by atoms with Gasteiger partial charge in [-0.05, 0) is 47.2 Å². The zero-order chi connectivity index (χ0) is 21.6. The largest absolute Gasteiger partial charge is 0.493 e. The van der Waals surface area contributed by atoms with Crippen molar-refractivity contribution in [1.29, 1.82) is 0 Å². The van der Waals surface area contributed by atoms with Crippen LogP contribution < -0.4 is 9.47 Å². The molecule has 2 aromatic carbocycles. The van der Waals surface area contributed by atoms with Gasteiger partial charge in [0.2, 0.25) is 0 Å². The number of benzene rings is 2. The maximum atomic E-state index is 12.5. The van der Waals surface area contributed by atoms with Gasteiger partial charge < -0.3 is 19.1 Å². The van der Waals surface area contributed by atoms with Crippen LogP contribution in [0, 0.1) is 0 Å². The fraction of sp³-hybridized carbons (Fsp3) is 0.250. The van der Waals surface area contributed by atoms with Gasteiger partial charge >= 0.3 is 5.97 Å². The summed E-state index contributed by atoms with van der Waals surface area (Å²) in [6.45, 7) is 1.31. The normalized spacial score (nSPS) is 12.7. The van der Waals surface area contributed by atoms with Crippen molar-refractivity contribution in [2.24, 2.45) is 0 Å². The minimum absolute atomic E-state index is 0.194. The van der Waals surface area contributed by atoms with E-state index in [1.54, 1.807) is 34.4 Å². The Balaban J connectivity index is 1.33. The van der Waals surface area contributed by atoms with Crippen molar-refractivity contribution in [1.82, 2.24) is 4.90 Å². The first-order valence-corrected chi connectivity index (χ1v) is 10.9. The molecule has 2 heterocycles. The number of rotatable bonds is 7. The Morgan fingerprint density at radius 2 is 1.90 bits per heavy atom. The third-order valence-electron chi connectivity index (χ3n) is 5.12. The predicted octanol–water partition coefficient (Wildman–Crippen LogP) is 4.08. The number of hydrogen-bond acceptors (Lipinski definition) is 6. The van der Waals surface area contributed by atoms with E-state index >= 15 is 0 Å². The molecule has 1 amide bonds. The van der Waals surface area contributed by atoms with E-state index in [-0.39, 0.29) is 12.5 Å². The molecular formula is C24H23NO5S. The van der Waals surface area contributed by atoms with Crippen molar-refractivity contribution in [3.8, 4) is 11.5 Å². The highest BCUT2D eigenvalue weighted by atomic mass is 32.1. The van der Waals surface area contributed by atoms with Crippen molar-refractivity contribution >= 4 is 23.2 Å². The van der Waals surface area contributed by atoms with E-state index in [9.17, 15) is 9.59 Å². The number of amides is 1. The SMILES string of the molecule is COc1cc(C(=O)OCC(=O)N2CCc3sccc3C2)ccc1OCc1ccccc1. The number of ether oxygens (including phenoxy) is 3. The van der Waals surface area contributed by atoms with Crippen LogP contribution in [-0.4, -0.2) is 37.0 Å². The van der Waals surface area contributed by atoms with Crippen LogP contribution in [-0.2, 0) is 29.1 Å². The van der Waals surface area contributed by atoms with Gasteiger partial charge in [0.1, 0.15) is 6.61 Å². The molecule has 160 valence electrons. The summed E-state index contributed by atoms with van der Waals surface area (Å²) in [4.78, 5) is 28.0.